The molecule has 10 heteroatoms. The van der Waals surface area contributed by atoms with Crippen molar-refractivity contribution < 1.29 is 18.0 Å². The molecule has 1 unspecified atom stereocenters. The number of piperazine rings is 1. The third kappa shape index (κ3) is 5.84. The molecule has 3 aromatic rings. The number of allylic oxidation sites excluding steroid dienone is 1. The van der Waals surface area contributed by atoms with Crippen molar-refractivity contribution >= 4 is 34.9 Å². The van der Waals surface area contributed by atoms with E-state index >= 15 is 0 Å². The quantitative estimate of drug-likeness (QED) is 0.353. The minimum absolute atomic E-state index is 0.0954. The molecule has 2 aliphatic heterocycles. The van der Waals surface area contributed by atoms with Gasteiger partial charge in [0.05, 0.1) is 16.9 Å². The third-order valence-electron chi connectivity index (χ3n) is 7.80. The smallest absolute Gasteiger partial charge is 0.315 e. The van der Waals surface area contributed by atoms with Crippen molar-refractivity contribution in [1.82, 2.24) is 14.8 Å². The molecule has 1 saturated heterocycles. The van der Waals surface area contributed by atoms with Crippen molar-refractivity contribution in [2.24, 2.45) is 0 Å². The average molecular weight is 561 g/mol. The second kappa shape index (κ2) is 10.7. The van der Waals surface area contributed by atoms with Crippen molar-refractivity contribution in [3.05, 3.63) is 95.5 Å². The molecule has 0 bridgehead atoms. The summed E-state index contributed by atoms with van der Waals surface area (Å²) >= 11 is 0. The number of hydrogen-bond acceptors (Lipinski definition) is 5. The monoisotopic (exact) mass is 560 g/mol. The van der Waals surface area contributed by atoms with Gasteiger partial charge in [0.2, 0.25) is 0 Å². The van der Waals surface area contributed by atoms with Crippen LogP contribution in [0, 0.1) is 0 Å². The van der Waals surface area contributed by atoms with Gasteiger partial charge in [-0.05, 0) is 84.8 Å². The number of alkyl halides is 3. The predicted molar refractivity (Wildman–Crippen MR) is 155 cm³/mol. The fraction of sp³-hybridized carbons (Fsp3) is 0.290. The Morgan fingerprint density at radius 1 is 1.05 bits per heavy atom. The van der Waals surface area contributed by atoms with Crippen LogP contribution in [-0.4, -0.2) is 54.0 Å². The highest BCUT2D eigenvalue weighted by Gasteiger charge is 2.39. The zero-order chi connectivity index (χ0) is 28.7. The Balaban J connectivity index is 1.16. The van der Waals surface area contributed by atoms with Gasteiger partial charge >= 0.3 is 12.2 Å². The summed E-state index contributed by atoms with van der Waals surface area (Å²) in [5, 5.41) is 5.32. The number of halogens is 3. The third-order valence-corrected chi connectivity index (χ3v) is 7.80. The van der Waals surface area contributed by atoms with Crippen LogP contribution in [0.4, 0.5) is 40.7 Å². The molecule has 3 aliphatic rings. The number of carbonyl (C=O) groups is 1. The summed E-state index contributed by atoms with van der Waals surface area (Å²) in [4.78, 5) is 23.7. The van der Waals surface area contributed by atoms with Gasteiger partial charge in [0.1, 0.15) is 0 Å². The molecule has 2 aromatic carbocycles. The van der Waals surface area contributed by atoms with Gasteiger partial charge in [-0.15, -0.1) is 0 Å². The number of hydrogen-bond donors (Lipinski definition) is 2. The minimum Gasteiger partial charge on any atom is -0.315 e. The molecule has 6 rings (SSSR count). The van der Waals surface area contributed by atoms with Crippen LogP contribution in [-0.2, 0) is 12.7 Å². The predicted octanol–water partition coefficient (Wildman–Crippen LogP) is 6.66. The molecule has 1 atom stereocenters. The second-order valence-corrected chi connectivity index (χ2v) is 10.8. The SMILES string of the molecule is C=Cc1nccc2c1N(c1ccc(NC(=O)Nc3cc(CN4CCN(C)CC4)cc(C(F)(F)F)c3)cc1)C=C1CC12. The first-order valence-corrected chi connectivity index (χ1v) is 13.6. The van der Waals surface area contributed by atoms with Crippen LogP contribution >= 0.6 is 0 Å². The van der Waals surface area contributed by atoms with Gasteiger partial charge in [0, 0.05) is 68.1 Å². The van der Waals surface area contributed by atoms with E-state index in [4.69, 9.17) is 0 Å². The van der Waals surface area contributed by atoms with Gasteiger partial charge in [0.25, 0.3) is 0 Å². The number of likely N-dealkylation sites (N-methyl/N-ethyl adjacent to an activating group) is 1. The molecule has 0 spiro atoms. The zero-order valence-corrected chi connectivity index (χ0v) is 22.7. The molecular weight excluding hydrogens is 529 g/mol. The molecule has 7 nitrogen and oxygen atoms in total. The summed E-state index contributed by atoms with van der Waals surface area (Å²) in [7, 11) is 2.03. The second-order valence-electron chi connectivity index (χ2n) is 10.8. The summed E-state index contributed by atoms with van der Waals surface area (Å²) in [5.41, 5.74) is 5.62. The summed E-state index contributed by atoms with van der Waals surface area (Å²) in [6, 6.07) is 12.5. The number of nitrogens with one attached hydrogen (secondary N) is 2. The van der Waals surface area contributed by atoms with Gasteiger partial charge in [-0.3, -0.25) is 9.88 Å². The largest absolute Gasteiger partial charge is 0.416 e. The lowest BCUT2D eigenvalue weighted by Crippen LogP contribution is -2.43. The van der Waals surface area contributed by atoms with E-state index in [1.165, 1.54) is 11.1 Å². The van der Waals surface area contributed by atoms with Gasteiger partial charge in [-0.1, -0.05) is 6.58 Å². The van der Waals surface area contributed by atoms with Crippen molar-refractivity contribution in [2.75, 3.05) is 48.8 Å². The van der Waals surface area contributed by atoms with E-state index < -0.39 is 17.8 Å². The van der Waals surface area contributed by atoms with Crippen LogP contribution in [0.1, 0.15) is 34.7 Å². The maximum Gasteiger partial charge on any atom is 0.416 e. The zero-order valence-electron chi connectivity index (χ0n) is 22.7. The Bertz CT molecular complexity index is 1510. The minimum atomic E-state index is -4.52. The standard InChI is InChI=1S/C31H31F3N6O/c1-3-28-29-26(8-9-35-28)27-16-21(27)19-40(29)25-6-4-23(5-7-25)36-30(41)37-24-15-20(14-22(17-24)31(32,33)34)18-39-12-10-38(2)11-13-39/h3-9,14-15,17,19,27H,1,10-13,16,18H2,2H3,(H2,36,37,41). The van der Waals surface area contributed by atoms with Crippen LogP contribution in [0.3, 0.4) is 0 Å². The molecule has 2 N–H and O–H groups in total. The number of aromatic nitrogens is 1. The van der Waals surface area contributed by atoms with Crippen LogP contribution < -0.4 is 15.5 Å². The number of benzene rings is 2. The van der Waals surface area contributed by atoms with Crippen LogP contribution in [0.2, 0.25) is 0 Å². The highest BCUT2D eigenvalue weighted by atomic mass is 19.4. The Hall–Kier alpha value is -4.15. The Morgan fingerprint density at radius 3 is 2.49 bits per heavy atom. The molecular formula is C31H31F3N6O. The van der Waals surface area contributed by atoms with Crippen molar-refractivity contribution in [3.8, 4) is 0 Å². The molecule has 2 amide bonds. The molecule has 41 heavy (non-hydrogen) atoms. The lowest BCUT2D eigenvalue weighted by atomic mass is 10.0. The Labute approximate surface area is 237 Å². The van der Waals surface area contributed by atoms with E-state index in [9.17, 15) is 18.0 Å². The van der Waals surface area contributed by atoms with Crippen LogP contribution in [0.5, 0.6) is 0 Å². The number of anilines is 4. The molecule has 0 radical (unpaired) electrons. The number of nitrogens with zero attached hydrogens (tertiary/aromatic N) is 4. The number of rotatable bonds is 6. The van der Waals surface area contributed by atoms with Crippen molar-refractivity contribution in [3.63, 3.8) is 0 Å². The van der Waals surface area contributed by atoms with Gasteiger partial charge in [-0.2, -0.15) is 13.2 Å². The van der Waals surface area contributed by atoms with Crippen LogP contribution in [0.25, 0.3) is 6.08 Å². The first-order valence-electron chi connectivity index (χ1n) is 13.6. The maximum absolute atomic E-state index is 13.7. The van der Waals surface area contributed by atoms with E-state index in [1.807, 2.05) is 25.2 Å². The van der Waals surface area contributed by atoms with E-state index in [1.54, 1.807) is 30.5 Å². The number of amides is 2. The number of carbonyl (C=O) groups excluding carboxylic acids is 1. The number of urea groups is 1. The lowest BCUT2D eigenvalue weighted by molar-refractivity contribution is -0.137. The Morgan fingerprint density at radius 2 is 1.78 bits per heavy atom. The molecule has 3 heterocycles. The van der Waals surface area contributed by atoms with E-state index in [-0.39, 0.29) is 5.69 Å². The van der Waals surface area contributed by atoms with Gasteiger partial charge in [-0.25, -0.2) is 4.79 Å². The van der Waals surface area contributed by atoms with E-state index in [2.05, 4.69) is 43.1 Å². The van der Waals surface area contributed by atoms with E-state index in [0.717, 1.165) is 61.8 Å². The van der Waals surface area contributed by atoms with Crippen LogP contribution in [0.15, 0.2) is 73.1 Å². The summed E-state index contributed by atoms with van der Waals surface area (Å²) in [6.07, 6.45) is 2.18. The van der Waals surface area contributed by atoms with Crippen molar-refractivity contribution in [1.29, 1.82) is 0 Å². The first-order chi connectivity index (χ1) is 19.7. The fourth-order valence-electron chi connectivity index (χ4n) is 5.52. The molecule has 212 valence electrons. The van der Waals surface area contributed by atoms with Gasteiger partial charge < -0.3 is 20.4 Å². The highest BCUT2D eigenvalue weighted by Crippen LogP contribution is 2.55. The average Bonchev–Trinajstić information content (AvgIpc) is 3.73. The molecule has 2 fully saturated rings. The molecule has 1 saturated carbocycles. The highest BCUT2D eigenvalue weighted by molar-refractivity contribution is 6.00. The number of pyridine rings is 1. The number of fused-ring (bicyclic) bond motifs is 3. The fourth-order valence-corrected chi connectivity index (χ4v) is 5.52. The summed E-state index contributed by atoms with van der Waals surface area (Å²) in [5.74, 6) is 0.436. The normalized spacial score (nSPS) is 18.7. The topological polar surface area (TPSA) is 63.7 Å². The van der Waals surface area contributed by atoms with Gasteiger partial charge in [0.15, 0.2) is 0 Å². The lowest BCUT2D eigenvalue weighted by Gasteiger charge is -2.32. The molecule has 1 aliphatic carbocycles. The Kier molecular flexibility index (Phi) is 7.04. The summed E-state index contributed by atoms with van der Waals surface area (Å²) < 4.78 is 41.0. The molecule has 1 aromatic heterocycles. The maximum atomic E-state index is 13.7. The first kappa shape index (κ1) is 27.0. The summed E-state index contributed by atoms with van der Waals surface area (Å²) in [6.45, 7) is 7.57. The van der Waals surface area contributed by atoms with E-state index in [0.29, 0.717) is 23.7 Å². The van der Waals surface area contributed by atoms with Crippen molar-refractivity contribution in [2.45, 2.75) is 25.1 Å².